The van der Waals surface area contributed by atoms with Crippen LogP contribution in [0.15, 0.2) is 40.2 Å². The van der Waals surface area contributed by atoms with Crippen LogP contribution in [-0.4, -0.2) is 39.2 Å². The monoisotopic (exact) mass is 397 g/mol. The molecule has 0 saturated carbocycles. The molecule has 146 valence electrons. The molecule has 2 aromatic heterocycles. The lowest BCUT2D eigenvalue weighted by Crippen LogP contribution is -2.49. The van der Waals surface area contributed by atoms with E-state index in [0.29, 0.717) is 30.7 Å². The normalized spacial score (nSPS) is 15.1. The van der Waals surface area contributed by atoms with Crippen LogP contribution in [0, 0.1) is 11.8 Å². The lowest BCUT2D eigenvalue weighted by Gasteiger charge is -2.36. The van der Waals surface area contributed by atoms with Crippen LogP contribution in [0.25, 0.3) is 22.8 Å². The summed E-state index contributed by atoms with van der Waals surface area (Å²) in [5.74, 6) is 0.785. The van der Waals surface area contributed by atoms with E-state index in [1.54, 1.807) is 11.3 Å². The SMILES string of the molecule is CC(C)Cc1ccc(-c2nc(-c3csc(CN4CC(C(=O)O)C4)c3)no2)cc1. The predicted molar refractivity (Wildman–Crippen MR) is 108 cm³/mol. The highest BCUT2D eigenvalue weighted by Gasteiger charge is 2.32. The van der Waals surface area contributed by atoms with E-state index in [2.05, 4.69) is 47.1 Å². The summed E-state index contributed by atoms with van der Waals surface area (Å²) in [6.07, 6.45) is 1.05. The Morgan fingerprint density at radius 3 is 2.71 bits per heavy atom. The van der Waals surface area contributed by atoms with Gasteiger partial charge in [0.1, 0.15) is 0 Å². The van der Waals surface area contributed by atoms with Crippen LogP contribution in [0.4, 0.5) is 0 Å². The predicted octanol–water partition coefficient (Wildman–Crippen LogP) is 4.18. The number of carboxylic acids is 1. The number of hydrogen-bond acceptors (Lipinski definition) is 6. The molecule has 0 amide bonds. The molecule has 3 heterocycles. The molecule has 1 aliphatic heterocycles. The van der Waals surface area contributed by atoms with Gasteiger partial charge in [-0.15, -0.1) is 11.3 Å². The average molecular weight is 398 g/mol. The molecule has 0 radical (unpaired) electrons. The van der Waals surface area contributed by atoms with Crippen LogP contribution in [0.2, 0.25) is 0 Å². The van der Waals surface area contributed by atoms with Gasteiger partial charge < -0.3 is 9.63 Å². The minimum atomic E-state index is -0.709. The average Bonchev–Trinajstić information content (AvgIpc) is 3.27. The van der Waals surface area contributed by atoms with Gasteiger partial charge in [0.15, 0.2) is 0 Å². The quantitative estimate of drug-likeness (QED) is 0.644. The zero-order valence-electron chi connectivity index (χ0n) is 16.0. The number of hydrogen-bond donors (Lipinski definition) is 1. The first-order valence-electron chi connectivity index (χ1n) is 9.44. The molecule has 7 heteroatoms. The molecule has 1 aromatic carbocycles. The Bertz CT molecular complexity index is 955. The Labute approximate surface area is 167 Å². The number of benzene rings is 1. The summed E-state index contributed by atoms with van der Waals surface area (Å²) < 4.78 is 5.46. The summed E-state index contributed by atoms with van der Waals surface area (Å²) in [6.45, 7) is 6.40. The largest absolute Gasteiger partial charge is 0.481 e. The van der Waals surface area contributed by atoms with Gasteiger partial charge in [-0.25, -0.2) is 0 Å². The van der Waals surface area contributed by atoms with Crippen molar-refractivity contribution in [1.29, 1.82) is 0 Å². The number of carbonyl (C=O) groups is 1. The van der Waals surface area contributed by atoms with Gasteiger partial charge >= 0.3 is 5.97 Å². The van der Waals surface area contributed by atoms with Gasteiger partial charge in [0, 0.05) is 41.0 Å². The third-order valence-corrected chi connectivity index (χ3v) is 5.79. The molecular formula is C21H23N3O3S. The number of nitrogens with zero attached hydrogens (tertiary/aromatic N) is 3. The van der Waals surface area contributed by atoms with Crippen molar-refractivity contribution in [2.24, 2.45) is 11.8 Å². The van der Waals surface area contributed by atoms with Gasteiger partial charge in [-0.2, -0.15) is 4.98 Å². The fraction of sp³-hybridized carbons (Fsp3) is 0.381. The van der Waals surface area contributed by atoms with Crippen molar-refractivity contribution in [3.8, 4) is 22.8 Å². The van der Waals surface area contributed by atoms with E-state index in [0.717, 1.165) is 24.1 Å². The van der Waals surface area contributed by atoms with Crippen LogP contribution in [0.3, 0.4) is 0 Å². The Balaban J connectivity index is 1.41. The maximum atomic E-state index is 10.9. The smallest absolute Gasteiger partial charge is 0.309 e. The lowest BCUT2D eigenvalue weighted by atomic mass is 10.0. The van der Waals surface area contributed by atoms with E-state index in [1.807, 2.05) is 17.5 Å². The molecule has 1 aliphatic rings. The van der Waals surface area contributed by atoms with Gasteiger partial charge in [0.2, 0.25) is 5.82 Å². The molecule has 0 unspecified atom stereocenters. The summed E-state index contributed by atoms with van der Waals surface area (Å²) in [7, 11) is 0. The van der Waals surface area contributed by atoms with E-state index in [1.165, 1.54) is 10.4 Å². The topological polar surface area (TPSA) is 79.5 Å². The molecule has 1 N–H and O–H groups in total. The van der Waals surface area contributed by atoms with Crippen LogP contribution in [-0.2, 0) is 17.8 Å². The summed E-state index contributed by atoms with van der Waals surface area (Å²) in [5, 5.41) is 15.1. The van der Waals surface area contributed by atoms with Crippen molar-refractivity contribution < 1.29 is 14.4 Å². The number of aliphatic carboxylic acids is 1. The molecule has 28 heavy (non-hydrogen) atoms. The number of likely N-dealkylation sites (tertiary alicyclic amines) is 1. The summed E-state index contributed by atoms with van der Waals surface area (Å²) in [4.78, 5) is 18.7. The standard InChI is InChI=1S/C21H23N3O3S/c1-13(2)7-14-3-5-15(6-4-14)20-22-19(23-27-20)16-8-18(28-12-16)11-24-9-17(10-24)21(25)26/h3-6,8,12-13,17H,7,9-11H2,1-2H3,(H,25,26). The molecule has 4 rings (SSSR count). The minimum Gasteiger partial charge on any atom is -0.481 e. The second-order valence-electron chi connectivity index (χ2n) is 7.75. The third kappa shape index (κ3) is 4.15. The maximum absolute atomic E-state index is 10.9. The summed E-state index contributed by atoms with van der Waals surface area (Å²) >= 11 is 1.63. The van der Waals surface area contributed by atoms with E-state index in [4.69, 9.17) is 9.63 Å². The van der Waals surface area contributed by atoms with Crippen LogP contribution in [0.5, 0.6) is 0 Å². The molecule has 6 nitrogen and oxygen atoms in total. The van der Waals surface area contributed by atoms with E-state index >= 15 is 0 Å². The highest BCUT2D eigenvalue weighted by Crippen LogP contribution is 2.28. The van der Waals surface area contributed by atoms with Gasteiger partial charge in [-0.05, 0) is 36.1 Å². The van der Waals surface area contributed by atoms with Crippen LogP contribution in [0.1, 0.15) is 24.3 Å². The molecule has 1 saturated heterocycles. The van der Waals surface area contributed by atoms with Crippen molar-refractivity contribution in [3.05, 3.63) is 46.2 Å². The second kappa shape index (κ2) is 7.85. The van der Waals surface area contributed by atoms with Gasteiger partial charge in [0.05, 0.1) is 5.92 Å². The third-order valence-electron chi connectivity index (χ3n) is 4.87. The molecule has 0 aliphatic carbocycles. The highest BCUT2D eigenvalue weighted by atomic mass is 32.1. The zero-order valence-corrected chi connectivity index (χ0v) is 16.8. The number of thiophene rings is 1. The minimum absolute atomic E-state index is 0.230. The Kier molecular flexibility index (Phi) is 5.28. The fourth-order valence-electron chi connectivity index (χ4n) is 3.37. The molecule has 0 bridgehead atoms. The highest BCUT2D eigenvalue weighted by molar-refractivity contribution is 7.10. The maximum Gasteiger partial charge on any atom is 0.309 e. The molecule has 1 fully saturated rings. The van der Waals surface area contributed by atoms with Crippen molar-refractivity contribution in [2.75, 3.05) is 13.1 Å². The second-order valence-corrected chi connectivity index (χ2v) is 8.74. The Hall–Kier alpha value is -2.51. The van der Waals surface area contributed by atoms with Gasteiger partial charge in [-0.1, -0.05) is 31.1 Å². The number of aromatic nitrogens is 2. The Morgan fingerprint density at radius 1 is 1.29 bits per heavy atom. The first-order valence-corrected chi connectivity index (χ1v) is 10.3. The lowest BCUT2D eigenvalue weighted by molar-refractivity contribution is -0.147. The van der Waals surface area contributed by atoms with Crippen molar-refractivity contribution in [1.82, 2.24) is 15.0 Å². The zero-order chi connectivity index (χ0) is 19.7. The first-order chi connectivity index (χ1) is 13.5. The van der Waals surface area contributed by atoms with Crippen LogP contribution >= 0.6 is 11.3 Å². The van der Waals surface area contributed by atoms with E-state index in [-0.39, 0.29) is 5.92 Å². The van der Waals surface area contributed by atoms with E-state index < -0.39 is 5.97 Å². The molecular weight excluding hydrogens is 374 g/mol. The van der Waals surface area contributed by atoms with Crippen molar-refractivity contribution in [3.63, 3.8) is 0 Å². The van der Waals surface area contributed by atoms with Crippen molar-refractivity contribution in [2.45, 2.75) is 26.8 Å². The summed E-state index contributed by atoms with van der Waals surface area (Å²) in [5.41, 5.74) is 3.15. The fourth-order valence-corrected chi connectivity index (χ4v) is 4.27. The number of rotatable bonds is 7. The van der Waals surface area contributed by atoms with Gasteiger partial charge in [-0.3, -0.25) is 9.69 Å². The van der Waals surface area contributed by atoms with Crippen molar-refractivity contribution >= 4 is 17.3 Å². The number of carboxylic acid groups (broad SMARTS) is 1. The first kappa shape index (κ1) is 18.8. The molecule has 0 atom stereocenters. The molecule has 3 aromatic rings. The van der Waals surface area contributed by atoms with Crippen LogP contribution < -0.4 is 0 Å². The van der Waals surface area contributed by atoms with Gasteiger partial charge in [0.25, 0.3) is 5.89 Å². The Morgan fingerprint density at radius 2 is 2.04 bits per heavy atom. The molecule has 0 spiro atoms. The van der Waals surface area contributed by atoms with E-state index in [9.17, 15) is 4.79 Å². The summed E-state index contributed by atoms with van der Waals surface area (Å²) in [6, 6.07) is 10.3.